The Bertz CT molecular complexity index is 997. The largest absolute Gasteiger partial charge is 0.493 e. The second-order valence-corrected chi connectivity index (χ2v) is 7.78. The molecule has 1 atom stereocenters. The summed E-state index contributed by atoms with van der Waals surface area (Å²) in [5.74, 6) is -1.04. The van der Waals surface area contributed by atoms with Crippen LogP contribution in [-0.4, -0.2) is 55.2 Å². The Labute approximate surface area is 189 Å². The van der Waals surface area contributed by atoms with E-state index < -0.39 is 30.5 Å². The summed E-state index contributed by atoms with van der Waals surface area (Å²) in [6.07, 6.45) is -4.13. The molecule has 3 rings (SSSR count). The Morgan fingerprint density at radius 3 is 2.73 bits per heavy atom. The van der Waals surface area contributed by atoms with E-state index in [0.29, 0.717) is 29.9 Å². The molecule has 178 valence electrons. The zero-order valence-electron chi connectivity index (χ0n) is 18.4. The van der Waals surface area contributed by atoms with Gasteiger partial charge in [-0.3, -0.25) is 9.59 Å². The minimum Gasteiger partial charge on any atom is -0.493 e. The number of aromatic nitrogens is 1. The summed E-state index contributed by atoms with van der Waals surface area (Å²) in [7, 11) is 2.96. The SMILES string of the molecule is CNc1cccc(CCOc2ccc3c(c2)CN(CC(F)(F)F)C(=O)[C@H](CC(=O)OC)C3)n1. The zero-order chi connectivity index (χ0) is 24.0. The number of carbonyl (C=O) groups excluding carboxylic acids is 2. The summed E-state index contributed by atoms with van der Waals surface area (Å²) in [6, 6.07) is 10.7. The molecule has 0 aliphatic carbocycles. The number of nitrogens with zero attached hydrogens (tertiary/aromatic N) is 2. The number of amides is 1. The topological polar surface area (TPSA) is 80.8 Å². The number of hydrogen-bond donors (Lipinski definition) is 1. The van der Waals surface area contributed by atoms with E-state index in [1.807, 2.05) is 18.2 Å². The first-order valence-corrected chi connectivity index (χ1v) is 10.5. The highest BCUT2D eigenvalue weighted by atomic mass is 19.4. The minimum atomic E-state index is -4.56. The monoisotopic (exact) mass is 465 g/mol. The lowest BCUT2D eigenvalue weighted by molar-refractivity contribution is -0.165. The molecule has 2 aromatic rings. The van der Waals surface area contributed by atoms with Crippen molar-refractivity contribution >= 4 is 17.7 Å². The highest BCUT2D eigenvalue weighted by molar-refractivity contribution is 5.84. The Morgan fingerprint density at radius 2 is 2.03 bits per heavy atom. The number of carbonyl (C=O) groups is 2. The number of rotatable bonds is 8. The maximum Gasteiger partial charge on any atom is 0.406 e. The third-order valence-electron chi connectivity index (χ3n) is 5.37. The fourth-order valence-electron chi connectivity index (χ4n) is 3.76. The van der Waals surface area contributed by atoms with E-state index in [4.69, 9.17) is 4.74 Å². The molecule has 1 N–H and O–H groups in total. The second-order valence-electron chi connectivity index (χ2n) is 7.78. The third kappa shape index (κ3) is 6.84. The first kappa shape index (κ1) is 24.3. The van der Waals surface area contributed by atoms with Crippen molar-refractivity contribution in [1.82, 2.24) is 9.88 Å². The first-order valence-electron chi connectivity index (χ1n) is 10.5. The van der Waals surface area contributed by atoms with Crippen LogP contribution < -0.4 is 10.1 Å². The van der Waals surface area contributed by atoms with Crippen molar-refractivity contribution < 1.29 is 32.2 Å². The molecule has 0 bridgehead atoms. The van der Waals surface area contributed by atoms with E-state index in [2.05, 4.69) is 15.0 Å². The maximum absolute atomic E-state index is 13.1. The summed E-state index contributed by atoms with van der Waals surface area (Å²) in [4.78, 5) is 29.7. The van der Waals surface area contributed by atoms with Gasteiger partial charge >= 0.3 is 12.1 Å². The van der Waals surface area contributed by atoms with E-state index in [1.54, 1.807) is 25.2 Å². The van der Waals surface area contributed by atoms with Crippen LogP contribution in [-0.2, 0) is 33.7 Å². The van der Waals surface area contributed by atoms with E-state index >= 15 is 0 Å². The number of benzene rings is 1. The average molecular weight is 465 g/mol. The van der Waals surface area contributed by atoms with Gasteiger partial charge < -0.3 is 19.7 Å². The van der Waals surface area contributed by atoms with Gasteiger partial charge in [-0.25, -0.2) is 4.98 Å². The van der Waals surface area contributed by atoms with Crippen LogP contribution in [0.2, 0.25) is 0 Å². The zero-order valence-corrected chi connectivity index (χ0v) is 18.4. The summed E-state index contributed by atoms with van der Waals surface area (Å²) >= 11 is 0. The molecule has 1 amide bonds. The first-order chi connectivity index (χ1) is 15.7. The van der Waals surface area contributed by atoms with Gasteiger partial charge in [0.25, 0.3) is 0 Å². The molecule has 7 nitrogen and oxygen atoms in total. The molecule has 1 aromatic carbocycles. The number of methoxy groups -OCH3 is 1. The summed E-state index contributed by atoms with van der Waals surface area (Å²) < 4.78 is 49.8. The maximum atomic E-state index is 13.1. The standard InChI is InChI=1S/C23H26F3N3O4/c1-27-20-5-3-4-18(28-20)8-9-33-19-7-6-15-10-16(12-21(30)32-2)22(31)29(13-17(15)11-19)14-23(24,25)26/h3-7,11,16H,8-10,12-14H2,1-2H3,(H,27,28)/t16-/m0/s1. The molecule has 10 heteroatoms. The van der Waals surface area contributed by atoms with Crippen LogP contribution in [0.5, 0.6) is 5.75 Å². The second kappa shape index (κ2) is 10.5. The normalized spacial score (nSPS) is 16.1. The highest BCUT2D eigenvalue weighted by Gasteiger charge is 2.38. The van der Waals surface area contributed by atoms with Gasteiger partial charge in [0.2, 0.25) is 5.91 Å². The molecule has 1 aliphatic rings. The highest BCUT2D eigenvalue weighted by Crippen LogP contribution is 2.30. The molecule has 0 spiro atoms. The number of nitrogens with one attached hydrogen (secondary N) is 1. The van der Waals surface area contributed by atoms with E-state index in [9.17, 15) is 22.8 Å². The van der Waals surface area contributed by atoms with Gasteiger partial charge in [-0.1, -0.05) is 12.1 Å². The molecule has 0 radical (unpaired) electrons. The van der Waals surface area contributed by atoms with Crippen LogP contribution >= 0.6 is 0 Å². The number of hydrogen-bond acceptors (Lipinski definition) is 6. The summed E-state index contributed by atoms with van der Waals surface area (Å²) in [5, 5.41) is 2.97. The van der Waals surface area contributed by atoms with Crippen molar-refractivity contribution in [2.45, 2.75) is 32.0 Å². The van der Waals surface area contributed by atoms with E-state index in [-0.39, 0.29) is 19.4 Å². The Morgan fingerprint density at radius 1 is 1.24 bits per heavy atom. The number of esters is 1. The Kier molecular flexibility index (Phi) is 7.78. The van der Waals surface area contributed by atoms with Crippen molar-refractivity contribution in [2.75, 3.05) is 32.6 Å². The van der Waals surface area contributed by atoms with Crippen molar-refractivity contribution in [3.8, 4) is 5.75 Å². The summed E-state index contributed by atoms with van der Waals surface area (Å²) in [6.45, 7) is -1.27. The van der Waals surface area contributed by atoms with Gasteiger partial charge in [0.05, 0.1) is 26.1 Å². The molecule has 0 fully saturated rings. The molecule has 1 aliphatic heterocycles. The van der Waals surface area contributed by atoms with Gasteiger partial charge in [0, 0.05) is 25.7 Å². The van der Waals surface area contributed by atoms with Crippen LogP contribution in [0.25, 0.3) is 0 Å². The summed E-state index contributed by atoms with van der Waals surface area (Å²) in [5.41, 5.74) is 2.11. The quantitative estimate of drug-likeness (QED) is 0.603. The van der Waals surface area contributed by atoms with Gasteiger partial charge in [-0.05, 0) is 41.8 Å². The molecular formula is C23H26F3N3O4. The minimum absolute atomic E-state index is 0.151. The third-order valence-corrected chi connectivity index (χ3v) is 5.37. The van der Waals surface area contributed by atoms with Gasteiger partial charge in [-0.2, -0.15) is 13.2 Å². The predicted octanol–water partition coefficient (Wildman–Crippen LogP) is 3.37. The molecule has 33 heavy (non-hydrogen) atoms. The van der Waals surface area contributed by atoms with Crippen molar-refractivity contribution in [3.63, 3.8) is 0 Å². The Hall–Kier alpha value is -3.30. The fraction of sp³-hybridized carbons (Fsp3) is 0.435. The number of alkyl halides is 3. The number of ether oxygens (including phenoxy) is 2. The molecule has 2 heterocycles. The predicted molar refractivity (Wildman–Crippen MR) is 115 cm³/mol. The van der Waals surface area contributed by atoms with Gasteiger partial charge in [0.1, 0.15) is 18.1 Å². The number of halogens is 3. The number of anilines is 1. The Balaban J connectivity index is 1.75. The van der Waals surface area contributed by atoms with Crippen LogP contribution in [0.1, 0.15) is 23.2 Å². The van der Waals surface area contributed by atoms with E-state index in [0.717, 1.165) is 16.4 Å². The van der Waals surface area contributed by atoms with Crippen LogP contribution in [0.3, 0.4) is 0 Å². The van der Waals surface area contributed by atoms with Gasteiger partial charge in [-0.15, -0.1) is 0 Å². The molecule has 0 saturated heterocycles. The molecule has 0 unspecified atom stereocenters. The lowest BCUT2D eigenvalue weighted by Crippen LogP contribution is -2.41. The van der Waals surface area contributed by atoms with Crippen LogP contribution in [0.4, 0.5) is 19.0 Å². The fourth-order valence-corrected chi connectivity index (χ4v) is 3.76. The van der Waals surface area contributed by atoms with Crippen molar-refractivity contribution in [3.05, 3.63) is 53.2 Å². The molecule has 0 saturated carbocycles. The van der Waals surface area contributed by atoms with E-state index in [1.165, 1.54) is 7.11 Å². The van der Waals surface area contributed by atoms with Crippen LogP contribution in [0, 0.1) is 5.92 Å². The van der Waals surface area contributed by atoms with Gasteiger partial charge in [0.15, 0.2) is 0 Å². The molecular weight excluding hydrogens is 439 g/mol. The molecule has 1 aromatic heterocycles. The van der Waals surface area contributed by atoms with Crippen molar-refractivity contribution in [1.29, 1.82) is 0 Å². The smallest absolute Gasteiger partial charge is 0.406 e. The number of pyridine rings is 1. The lowest BCUT2D eigenvalue weighted by atomic mass is 9.94. The van der Waals surface area contributed by atoms with Crippen LogP contribution in [0.15, 0.2) is 36.4 Å². The number of fused-ring (bicyclic) bond motifs is 1. The average Bonchev–Trinajstić information content (AvgIpc) is 2.89. The lowest BCUT2D eigenvalue weighted by Gasteiger charge is -2.25. The van der Waals surface area contributed by atoms with Crippen molar-refractivity contribution in [2.24, 2.45) is 5.92 Å².